The van der Waals surface area contributed by atoms with E-state index in [4.69, 9.17) is 14.2 Å². The second-order valence-electron chi connectivity index (χ2n) is 7.25. The molecule has 4 rings (SSSR count). The Labute approximate surface area is 174 Å². The molecule has 0 saturated carbocycles. The minimum Gasteiger partial charge on any atom is -0.479 e. The summed E-state index contributed by atoms with van der Waals surface area (Å²) in [5, 5.41) is 6.70. The predicted octanol–water partition coefficient (Wildman–Crippen LogP) is 0.232. The molecule has 1 aromatic heterocycles. The fraction of sp³-hybridized carbons (Fsp3) is 0.450. The summed E-state index contributed by atoms with van der Waals surface area (Å²) in [7, 11) is 3.15. The van der Waals surface area contributed by atoms with Crippen LogP contribution in [0.1, 0.15) is 15.9 Å². The molecular formula is C20H25N5O5. The molecule has 1 aromatic carbocycles. The van der Waals surface area contributed by atoms with Crippen LogP contribution in [0.15, 0.2) is 24.4 Å². The Hall–Kier alpha value is -3.27. The van der Waals surface area contributed by atoms with Crippen LogP contribution >= 0.6 is 0 Å². The van der Waals surface area contributed by atoms with Gasteiger partial charge in [-0.1, -0.05) is 6.07 Å². The number of methoxy groups -OCH3 is 1. The molecule has 2 aromatic rings. The van der Waals surface area contributed by atoms with Gasteiger partial charge in [-0.05, 0) is 17.7 Å². The van der Waals surface area contributed by atoms with E-state index in [-0.39, 0.29) is 31.0 Å². The summed E-state index contributed by atoms with van der Waals surface area (Å²) < 4.78 is 17.4. The first-order valence-electron chi connectivity index (χ1n) is 9.78. The summed E-state index contributed by atoms with van der Waals surface area (Å²) in [6.07, 6.45) is 1.56. The number of carbonyl (C=O) groups excluding carboxylic acids is 2. The molecule has 3 heterocycles. The van der Waals surface area contributed by atoms with Crippen molar-refractivity contribution in [2.75, 3.05) is 46.6 Å². The third kappa shape index (κ3) is 4.33. The van der Waals surface area contributed by atoms with Crippen molar-refractivity contribution in [1.82, 2.24) is 24.9 Å². The monoisotopic (exact) mass is 415 g/mol. The number of hydrogen-bond donors (Lipinski definition) is 1. The standard InChI is InChI=1S/C20H25N5O5/c1-23-12-15(20(22-23)28-2)19(27)21-10-18(26)25-7-5-24(6-8-25)11-14-3-4-16-17(9-14)30-13-29-16/h3-4,9,12H,5-8,10-11,13H2,1-2H3,(H,21,27). The van der Waals surface area contributed by atoms with Crippen molar-refractivity contribution < 1.29 is 23.8 Å². The van der Waals surface area contributed by atoms with Crippen LogP contribution in [-0.4, -0.2) is 78.0 Å². The molecule has 1 fully saturated rings. The van der Waals surface area contributed by atoms with Crippen LogP contribution in [0.2, 0.25) is 0 Å². The van der Waals surface area contributed by atoms with Crippen LogP contribution in [0.25, 0.3) is 0 Å². The summed E-state index contributed by atoms with van der Waals surface area (Å²) in [6, 6.07) is 5.97. The Kier molecular flexibility index (Phi) is 5.75. The molecule has 10 nitrogen and oxygen atoms in total. The molecule has 2 aliphatic rings. The maximum absolute atomic E-state index is 12.5. The molecule has 1 saturated heterocycles. The van der Waals surface area contributed by atoms with Gasteiger partial charge >= 0.3 is 0 Å². The SMILES string of the molecule is COc1nn(C)cc1C(=O)NCC(=O)N1CCN(Cc2ccc3c(c2)OCO3)CC1. The highest BCUT2D eigenvalue weighted by atomic mass is 16.7. The van der Waals surface area contributed by atoms with Crippen molar-refractivity contribution in [3.05, 3.63) is 35.5 Å². The number of hydrogen-bond acceptors (Lipinski definition) is 7. The number of carbonyl (C=O) groups is 2. The van der Waals surface area contributed by atoms with Crippen molar-refractivity contribution in [2.45, 2.75) is 6.54 Å². The van der Waals surface area contributed by atoms with E-state index in [0.29, 0.717) is 18.7 Å². The second-order valence-corrected chi connectivity index (χ2v) is 7.25. The number of piperazine rings is 1. The number of amides is 2. The Morgan fingerprint density at radius 1 is 1.17 bits per heavy atom. The van der Waals surface area contributed by atoms with E-state index < -0.39 is 0 Å². The first-order valence-corrected chi connectivity index (χ1v) is 9.78. The van der Waals surface area contributed by atoms with Gasteiger partial charge in [-0.3, -0.25) is 19.2 Å². The van der Waals surface area contributed by atoms with Gasteiger partial charge in [0, 0.05) is 46.0 Å². The zero-order valence-corrected chi connectivity index (χ0v) is 17.1. The Morgan fingerprint density at radius 2 is 1.93 bits per heavy atom. The lowest BCUT2D eigenvalue weighted by molar-refractivity contribution is -0.131. The number of aryl methyl sites for hydroxylation is 1. The van der Waals surface area contributed by atoms with Gasteiger partial charge in [0.2, 0.25) is 18.6 Å². The summed E-state index contributed by atoms with van der Waals surface area (Å²) in [5.41, 5.74) is 1.46. The molecule has 0 radical (unpaired) electrons. The van der Waals surface area contributed by atoms with E-state index >= 15 is 0 Å². The number of ether oxygens (including phenoxy) is 3. The number of aromatic nitrogens is 2. The summed E-state index contributed by atoms with van der Waals surface area (Å²) >= 11 is 0. The van der Waals surface area contributed by atoms with Crippen LogP contribution in [-0.2, 0) is 18.4 Å². The topological polar surface area (TPSA) is 98.2 Å². The number of nitrogens with zero attached hydrogens (tertiary/aromatic N) is 4. The van der Waals surface area contributed by atoms with Gasteiger partial charge in [0.15, 0.2) is 11.5 Å². The maximum atomic E-state index is 12.5. The fourth-order valence-electron chi connectivity index (χ4n) is 3.59. The predicted molar refractivity (Wildman–Crippen MR) is 107 cm³/mol. The highest BCUT2D eigenvalue weighted by molar-refractivity contribution is 5.98. The zero-order valence-electron chi connectivity index (χ0n) is 17.1. The normalized spacial score (nSPS) is 15.9. The van der Waals surface area contributed by atoms with Crippen LogP contribution in [0.5, 0.6) is 17.4 Å². The molecule has 2 amide bonds. The third-order valence-corrected chi connectivity index (χ3v) is 5.20. The summed E-state index contributed by atoms with van der Waals surface area (Å²) in [5.74, 6) is 1.31. The molecule has 0 aliphatic carbocycles. The molecule has 10 heteroatoms. The van der Waals surface area contributed by atoms with E-state index in [1.807, 2.05) is 18.2 Å². The average Bonchev–Trinajstić information content (AvgIpc) is 3.38. The number of fused-ring (bicyclic) bond motifs is 1. The van der Waals surface area contributed by atoms with E-state index in [1.165, 1.54) is 11.8 Å². The van der Waals surface area contributed by atoms with Crippen molar-refractivity contribution in [2.24, 2.45) is 7.05 Å². The van der Waals surface area contributed by atoms with E-state index in [0.717, 1.165) is 36.7 Å². The van der Waals surface area contributed by atoms with Crippen molar-refractivity contribution in [3.8, 4) is 17.4 Å². The first kappa shape index (κ1) is 20.0. The molecule has 160 valence electrons. The fourth-order valence-corrected chi connectivity index (χ4v) is 3.59. The van der Waals surface area contributed by atoms with Gasteiger partial charge in [0.05, 0.1) is 13.7 Å². The molecule has 0 unspecified atom stereocenters. The van der Waals surface area contributed by atoms with Crippen LogP contribution in [0, 0.1) is 0 Å². The van der Waals surface area contributed by atoms with Crippen LogP contribution in [0.3, 0.4) is 0 Å². The van der Waals surface area contributed by atoms with E-state index in [1.54, 1.807) is 18.1 Å². The molecule has 30 heavy (non-hydrogen) atoms. The highest BCUT2D eigenvalue weighted by Gasteiger charge is 2.23. The number of rotatable bonds is 6. The van der Waals surface area contributed by atoms with Gasteiger partial charge < -0.3 is 24.4 Å². The number of nitrogens with one attached hydrogen (secondary N) is 1. The van der Waals surface area contributed by atoms with Crippen molar-refractivity contribution >= 4 is 11.8 Å². The van der Waals surface area contributed by atoms with Crippen molar-refractivity contribution in [3.63, 3.8) is 0 Å². The molecule has 0 spiro atoms. The Morgan fingerprint density at radius 3 is 2.70 bits per heavy atom. The van der Waals surface area contributed by atoms with Gasteiger partial charge in [0.1, 0.15) is 5.56 Å². The minimum absolute atomic E-state index is 0.0565. The van der Waals surface area contributed by atoms with E-state index in [2.05, 4.69) is 15.3 Å². The average molecular weight is 415 g/mol. The minimum atomic E-state index is -0.380. The highest BCUT2D eigenvalue weighted by Crippen LogP contribution is 2.32. The molecule has 1 N–H and O–H groups in total. The van der Waals surface area contributed by atoms with Gasteiger partial charge in [-0.2, -0.15) is 0 Å². The van der Waals surface area contributed by atoms with Gasteiger partial charge in [-0.15, -0.1) is 5.10 Å². The first-order chi connectivity index (χ1) is 14.5. The van der Waals surface area contributed by atoms with Crippen LogP contribution in [0.4, 0.5) is 0 Å². The van der Waals surface area contributed by atoms with Crippen molar-refractivity contribution in [1.29, 1.82) is 0 Å². The lowest BCUT2D eigenvalue weighted by Crippen LogP contribution is -2.50. The maximum Gasteiger partial charge on any atom is 0.258 e. The summed E-state index contributed by atoms with van der Waals surface area (Å²) in [4.78, 5) is 28.9. The largest absolute Gasteiger partial charge is 0.479 e. The van der Waals surface area contributed by atoms with E-state index in [9.17, 15) is 9.59 Å². The number of benzene rings is 1. The lowest BCUT2D eigenvalue weighted by atomic mass is 10.1. The third-order valence-electron chi connectivity index (χ3n) is 5.20. The Bertz CT molecular complexity index is 936. The second kappa shape index (κ2) is 8.62. The molecule has 0 atom stereocenters. The van der Waals surface area contributed by atoms with Crippen LogP contribution < -0.4 is 19.5 Å². The summed E-state index contributed by atoms with van der Waals surface area (Å²) in [6.45, 7) is 3.78. The van der Waals surface area contributed by atoms with Gasteiger partial charge in [-0.25, -0.2) is 0 Å². The molecule has 0 bridgehead atoms. The molecule has 2 aliphatic heterocycles. The Balaban J connectivity index is 1.23. The quantitative estimate of drug-likeness (QED) is 0.721. The zero-order chi connectivity index (χ0) is 21.1. The lowest BCUT2D eigenvalue weighted by Gasteiger charge is -2.34. The smallest absolute Gasteiger partial charge is 0.258 e. The molecular weight excluding hydrogens is 390 g/mol. The van der Waals surface area contributed by atoms with Gasteiger partial charge in [0.25, 0.3) is 5.91 Å².